The lowest BCUT2D eigenvalue weighted by atomic mass is 10.1. The maximum absolute atomic E-state index is 12.7. The van der Waals surface area contributed by atoms with Crippen LogP contribution in [0.3, 0.4) is 0 Å². The maximum atomic E-state index is 12.7. The van der Waals surface area contributed by atoms with E-state index in [0.29, 0.717) is 22.2 Å². The second-order valence-electron chi connectivity index (χ2n) is 6.69. The molecule has 0 spiro atoms. The summed E-state index contributed by atoms with van der Waals surface area (Å²) in [4.78, 5) is 33.2. The number of hydrogen-bond donors (Lipinski definition) is 1. The number of rotatable bonds is 5. The number of hydrogen-bond acceptors (Lipinski definition) is 6. The predicted molar refractivity (Wildman–Crippen MR) is 113 cm³/mol. The molecule has 1 amide bonds. The monoisotopic (exact) mass is 405 g/mol. The average Bonchev–Trinajstić information content (AvgIpc) is 3.10. The number of anilines is 1. The number of fused-ring (bicyclic) bond motifs is 3. The molecule has 0 aliphatic rings. The minimum atomic E-state index is -0.413. The smallest absolute Gasteiger partial charge is 0.237 e. The van der Waals surface area contributed by atoms with Crippen LogP contribution < -0.4 is 5.32 Å². The van der Waals surface area contributed by atoms with Gasteiger partial charge in [0.05, 0.1) is 10.8 Å². The van der Waals surface area contributed by atoms with Crippen LogP contribution in [-0.4, -0.2) is 36.5 Å². The standard InChI is InChI=1S/C21H19N5O2S/c1-12(27)15-8-10-16(11-9-15)23-20(28)13(2)29-21-24-18-7-5-4-6-17(18)19-22-14(3)25-26(19)21/h4-11,13H,1-3H3,(H,23,28). The van der Waals surface area contributed by atoms with Crippen molar-refractivity contribution in [2.24, 2.45) is 0 Å². The van der Waals surface area contributed by atoms with E-state index in [2.05, 4.69) is 20.4 Å². The highest BCUT2D eigenvalue weighted by molar-refractivity contribution is 8.00. The van der Waals surface area contributed by atoms with E-state index in [1.54, 1.807) is 28.8 Å². The summed E-state index contributed by atoms with van der Waals surface area (Å²) in [6.45, 7) is 5.16. The van der Waals surface area contributed by atoms with Crippen LogP contribution in [0.4, 0.5) is 5.69 Å². The molecule has 8 heteroatoms. The summed E-state index contributed by atoms with van der Waals surface area (Å²) in [5.74, 6) is 0.472. The minimum Gasteiger partial charge on any atom is -0.325 e. The number of carbonyl (C=O) groups is 2. The molecular formula is C21H19N5O2S. The molecule has 4 rings (SSSR count). The van der Waals surface area contributed by atoms with Gasteiger partial charge < -0.3 is 5.32 Å². The summed E-state index contributed by atoms with van der Waals surface area (Å²) in [5.41, 5.74) is 2.78. The number of amides is 1. The summed E-state index contributed by atoms with van der Waals surface area (Å²) in [6, 6.07) is 14.6. The van der Waals surface area contributed by atoms with Gasteiger partial charge in [-0.3, -0.25) is 9.59 Å². The molecule has 0 radical (unpaired) electrons. The number of carbonyl (C=O) groups excluding carboxylic acids is 2. The van der Waals surface area contributed by atoms with Crippen LogP contribution in [0.2, 0.25) is 0 Å². The van der Waals surface area contributed by atoms with E-state index in [0.717, 1.165) is 16.6 Å². The molecule has 0 aliphatic heterocycles. The molecule has 2 heterocycles. The van der Waals surface area contributed by atoms with E-state index in [1.165, 1.54) is 18.7 Å². The number of nitrogens with one attached hydrogen (secondary N) is 1. The lowest BCUT2D eigenvalue weighted by Crippen LogP contribution is -2.23. The Morgan fingerprint density at radius 2 is 1.79 bits per heavy atom. The van der Waals surface area contributed by atoms with Crippen molar-refractivity contribution in [1.82, 2.24) is 19.6 Å². The molecule has 4 aromatic rings. The van der Waals surface area contributed by atoms with Crippen molar-refractivity contribution in [1.29, 1.82) is 0 Å². The molecule has 0 bridgehead atoms. The van der Waals surface area contributed by atoms with Crippen molar-refractivity contribution < 1.29 is 9.59 Å². The van der Waals surface area contributed by atoms with Gasteiger partial charge in [0.15, 0.2) is 16.6 Å². The third-order valence-electron chi connectivity index (χ3n) is 4.47. The quantitative estimate of drug-likeness (QED) is 0.308. The van der Waals surface area contributed by atoms with Crippen molar-refractivity contribution in [2.45, 2.75) is 31.2 Å². The van der Waals surface area contributed by atoms with Gasteiger partial charge in [0.1, 0.15) is 5.82 Å². The van der Waals surface area contributed by atoms with Gasteiger partial charge in [-0.25, -0.2) is 9.97 Å². The Bertz CT molecular complexity index is 1230. The molecule has 1 N–H and O–H groups in total. The summed E-state index contributed by atoms with van der Waals surface area (Å²) < 4.78 is 1.69. The van der Waals surface area contributed by atoms with Gasteiger partial charge in [0, 0.05) is 16.6 Å². The van der Waals surface area contributed by atoms with Crippen molar-refractivity contribution >= 4 is 45.7 Å². The number of para-hydroxylation sites is 1. The van der Waals surface area contributed by atoms with Crippen molar-refractivity contribution in [3.63, 3.8) is 0 Å². The highest BCUT2D eigenvalue weighted by Gasteiger charge is 2.20. The Hall–Kier alpha value is -3.26. The van der Waals surface area contributed by atoms with Crippen LogP contribution in [-0.2, 0) is 4.79 Å². The highest BCUT2D eigenvalue weighted by Crippen LogP contribution is 2.27. The van der Waals surface area contributed by atoms with Crippen LogP contribution in [0, 0.1) is 6.92 Å². The Kier molecular flexibility index (Phi) is 5.02. The Morgan fingerprint density at radius 3 is 2.52 bits per heavy atom. The number of aryl methyl sites for hydroxylation is 1. The fourth-order valence-corrected chi connectivity index (χ4v) is 3.81. The van der Waals surface area contributed by atoms with Crippen LogP contribution in [0.1, 0.15) is 30.0 Å². The van der Waals surface area contributed by atoms with Crippen LogP contribution >= 0.6 is 11.8 Å². The first-order chi connectivity index (χ1) is 13.9. The molecule has 7 nitrogen and oxygen atoms in total. The Morgan fingerprint density at radius 1 is 1.07 bits per heavy atom. The Balaban J connectivity index is 1.58. The second kappa shape index (κ2) is 7.63. The number of thioether (sulfide) groups is 1. The molecule has 0 aliphatic carbocycles. The fraction of sp³-hybridized carbons (Fsp3) is 0.190. The molecule has 29 heavy (non-hydrogen) atoms. The molecule has 0 saturated heterocycles. The van der Waals surface area contributed by atoms with E-state index < -0.39 is 5.25 Å². The normalized spacial score (nSPS) is 12.2. The molecule has 1 atom stereocenters. The van der Waals surface area contributed by atoms with E-state index >= 15 is 0 Å². The molecule has 2 aromatic carbocycles. The van der Waals surface area contributed by atoms with Crippen LogP contribution in [0.5, 0.6) is 0 Å². The average molecular weight is 405 g/mol. The highest BCUT2D eigenvalue weighted by atomic mass is 32.2. The zero-order valence-electron chi connectivity index (χ0n) is 16.2. The van der Waals surface area contributed by atoms with Gasteiger partial charge in [0.25, 0.3) is 0 Å². The molecule has 0 saturated carbocycles. The topological polar surface area (TPSA) is 89.2 Å². The van der Waals surface area contributed by atoms with Crippen molar-refractivity contribution in [3.05, 3.63) is 59.9 Å². The third-order valence-corrected chi connectivity index (χ3v) is 5.51. The lowest BCUT2D eigenvalue weighted by molar-refractivity contribution is -0.115. The van der Waals surface area contributed by atoms with E-state index in [1.807, 2.05) is 38.1 Å². The van der Waals surface area contributed by atoms with Gasteiger partial charge in [-0.05, 0) is 57.2 Å². The zero-order chi connectivity index (χ0) is 20.5. The number of ketones is 1. The molecular weight excluding hydrogens is 386 g/mol. The number of benzene rings is 2. The van der Waals surface area contributed by atoms with Gasteiger partial charge >= 0.3 is 0 Å². The molecule has 2 aromatic heterocycles. The molecule has 0 fully saturated rings. The lowest BCUT2D eigenvalue weighted by Gasteiger charge is -2.13. The first-order valence-corrected chi connectivity index (χ1v) is 10.0. The largest absolute Gasteiger partial charge is 0.325 e. The first-order valence-electron chi connectivity index (χ1n) is 9.13. The summed E-state index contributed by atoms with van der Waals surface area (Å²) in [5, 5.41) is 8.43. The van der Waals surface area contributed by atoms with E-state index in [9.17, 15) is 9.59 Å². The van der Waals surface area contributed by atoms with Crippen molar-refractivity contribution in [2.75, 3.05) is 5.32 Å². The number of Topliss-reactive ketones (excluding diaryl/α,β-unsaturated/α-hetero) is 1. The Labute approximate surface area is 171 Å². The zero-order valence-corrected chi connectivity index (χ0v) is 17.0. The SMILES string of the molecule is CC(=O)c1ccc(NC(=O)C(C)Sc2nc3ccccc3c3nc(C)nn23)cc1. The maximum Gasteiger partial charge on any atom is 0.237 e. The minimum absolute atomic E-state index is 0.0127. The van der Waals surface area contributed by atoms with Gasteiger partial charge in [-0.1, -0.05) is 23.9 Å². The third kappa shape index (κ3) is 3.84. The van der Waals surface area contributed by atoms with Crippen LogP contribution in [0.15, 0.2) is 53.7 Å². The second-order valence-corrected chi connectivity index (χ2v) is 8.00. The number of nitrogens with zero attached hydrogens (tertiary/aromatic N) is 4. The summed E-state index contributed by atoms with van der Waals surface area (Å²) in [6.07, 6.45) is 0. The predicted octanol–water partition coefficient (Wildman–Crippen LogP) is 3.91. The first kappa shape index (κ1) is 19.1. The summed E-state index contributed by atoms with van der Waals surface area (Å²) in [7, 11) is 0. The van der Waals surface area contributed by atoms with Gasteiger partial charge in [0.2, 0.25) is 5.91 Å². The summed E-state index contributed by atoms with van der Waals surface area (Å²) >= 11 is 1.32. The molecule has 1 unspecified atom stereocenters. The van der Waals surface area contributed by atoms with Gasteiger partial charge in [-0.15, -0.1) is 5.10 Å². The number of aromatic nitrogens is 4. The van der Waals surface area contributed by atoms with E-state index in [-0.39, 0.29) is 11.7 Å². The van der Waals surface area contributed by atoms with E-state index in [4.69, 9.17) is 0 Å². The van der Waals surface area contributed by atoms with Crippen LogP contribution in [0.25, 0.3) is 16.6 Å². The molecule has 146 valence electrons. The van der Waals surface area contributed by atoms with Gasteiger partial charge in [-0.2, -0.15) is 4.52 Å². The van der Waals surface area contributed by atoms with Crippen molar-refractivity contribution in [3.8, 4) is 0 Å². The fourth-order valence-electron chi connectivity index (χ4n) is 2.95.